The van der Waals surface area contributed by atoms with Gasteiger partial charge in [-0.3, -0.25) is 0 Å². The summed E-state index contributed by atoms with van der Waals surface area (Å²) in [6.07, 6.45) is 2.61. The number of fused-ring (bicyclic) bond motifs is 3. The van der Waals surface area contributed by atoms with Crippen LogP contribution in [0.5, 0.6) is 17.2 Å². The first-order valence-electron chi connectivity index (χ1n) is 11.9. The molecule has 0 saturated heterocycles. The number of rotatable bonds is 8. The molecule has 2 aliphatic heterocycles. The fourth-order valence-corrected chi connectivity index (χ4v) is 4.61. The normalized spacial score (nSPS) is 18.6. The van der Waals surface area contributed by atoms with Crippen molar-refractivity contribution in [1.82, 2.24) is 5.01 Å². The zero-order valence-electron chi connectivity index (χ0n) is 19.5. The molecule has 0 spiro atoms. The van der Waals surface area contributed by atoms with Gasteiger partial charge in [0.15, 0.2) is 0 Å². The summed E-state index contributed by atoms with van der Waals surface area (Å²) in [5.74, 6) is 2.58. The number of hydrazone groups is 1. The van der Waals surface area contributed by atoms with E-state index in [2.05, 4.69) is 36.2 Å². The van der Waals surface area contributed by atoms with E-state index in [0.29, 0.717) is 11.6 Å². The molecule has 2 heterocycles. The monoisotopic (exact) mass is 476 g/mol. The molecule has 0 bridgehead atoms. The lowest BCUT2D eigenvalue weighted by molar-refractivity contribution is -0.0190. The van der Waals surface area contributed by atoms with Crippen LogP contribution in [0.1, 0.15) is 62.1 Å². The van der Waals surface area contributed by atoms with Crippen LogP contribution in [-0.4, -0.2) is 23.9 Å². The van der Waals surface area contributed by atoms with Gasteiger partial charge in [-0.15, -0.1) is 0 Å². The molecule has 0 saturated carbocycles. The van der Waals surface area contributed by atoms with Gasteiger partial charge >= 0.3 is 0 Å². The van der Waals surface area contributed by atoms with Crippen LogP contribution in [0, 0.1) is 0 Å². The Kier molecular flexibility index (Phi) is 6.63. The number of hydrogen-bond donors (Lipinski definition) is 0. The lowest BCUT2D eigenvalue weighted by Gasteiger charge is -2.38. The maximum atomic E-state index is 6.46. The summed E-state index contributed by atoms with van der Waals surface area (Å²) in [6.45, 7) is 5.52. The Hall–Kier alpha value is -3.18. The molecule has 2 atom stereocenters. The van der Waals surface area contributed by atoms with Gasteiger partial charge in [0.1, 0.15) is 17.2 Å². The van der Waals surface area contributed by atoms with Gasteiger partial charge in [-0.25, -0.2) is 5.01 Å². The quantitative estimate of drug-likeness (QED) is 0.323. The Bertz CT molecular complexity index is 1160. The highest BCUT2D eigenvalue weighted by molar-refractivity contribution is 6.30. The number of halogens is 1. The molecule has 5 rings (SSSR count). The maximum absolute atomic E-state index is 6.46. The molecule has 5 nitrogen and oxygen atoms in total. The summed E-state index contributed by atoms with van der Waals surface area (Å²) in [4.78, 5) is 0. The van der Waals surface area contributed by atoms with Gasteiger partial charge in [-0.1, -0.05) is 24.9 Å². The summed E-state index contributed by atoms with van der Waals surface area (Å²) in [5, 5.41) is 7.80. The van der Waals surface area contributed by atoms with Gasteiger partial charge < -0.3 is 14.2 Å². The molecule has 3 aromatic rings. The largest absolute Gasteiger partial charge is 0.494 e. The zero-order chi connectivity index (χ0) is 23.5. The van der Waals surface area contributed by atoms with Crippen molar-refractivity contribution >= 4 is 17.3 Å². The van der Waals surface area contributed by atoms with Crippen molar-refractivity contribution in [2.45, 2.75) is 45.4 Å². The summed E-state index contributed by atoms with van der Waals surface area (Å²) in [7, 11) is 0. The molecule has 176 valence electrons. The zero-order valence-corrected chi connectivity index (χ0v) is 20.3. The van der Waals surface area contributed by atoms with Gasteiger partial charge in [-0.2, -0.15) is 5.10 Å². The second-order valence-electron chi connectivity index (χ2n) is 8.53. The molecule has 2 aliphatic rings. The lowest BCUT2D eigenvalue weighted by Crippen LogP contribution is -2.33. The van der Waals surface area contributed by atoms with Crippen LogP contribution < -0.4 is 14.2 Å². The van der Waals surface area contributed by atoms with Crippen LogP contribution in [0.3, 0.4) is 0 Å². The van der Waals surface area contributed by atoms with Gasteiger partial charge in [-0.05, 0) is 85.6 Å². The minimum absolute atomic E-state index is 0.0505. The highest BCUT2D eigenvalue weighted by Gasteiger charge is 2.41. The van der Waals surface area contributed by atoms with Crippen molar-refractivity contribution in [2.75, 3.05) is 13.2 Å². The van der Waals surface area contributed by atoms with Gasteiger partial charge in [0.2, 0.25) is 6.23 Å². The molecule has 0 fully saturated rings. The lowest BCUT2D eigenvalue weighted by atomic mass is 9.96. The predicted octanol–water partition coefficient (Wildman–Crippen LogP) is 7.16. The smallest absolute Gasteiger partial charge is 0.213 e. The molecule has 0 aliphatic carbocycles. The third kappa shape index (κ3) is 4.58. The van der Waals surface area contributed by atoms with E-state index in [4.69, 9.17) is 30.9 Å². The Morgan fingerprint density at radius 1 is 0.971 bits per heavy atom. The van der Waals surface area contributed by atoms with Crippen LogP contribution in [-0.2, 0) is 0 Å². The first kappa shape index (κ1) is 22.6. The average molecular weight is 477 g/mol. The van der Waals surface area contributed by atoms with Crippen LogP contribution in [0.2, 0.25) is 5.02 Å². The molecule has 34 heavy (non-hydrogen) atoms. The van der Waals surface area contributed by atoms with E-state index in [1.165, 1.54) is 0 Å². The number of ether oxygens (including phenoxy) is 3. The second kappa shape index (κ2) is 9.98. The number of hydrogen-bond acceptors (Lipinski definition) is 5. The summed E-state index contributed by atoms with van der Waals surface area (Å²) in [5.41, 5.74) is 4.20. The molecule has 0 aromatic heterocycles. The minimum Gasteiger partial charge on any atom is -0.494 e. The van der Waals surface area contributed by atoms with E-state index in [1.54, 1.807) is 0 Å². The molecule has 0 unspecified atom stereocenters. The average Bonchev–Trinajstić information content (AvgIpc) is 3.31. The third-order valence-corrected chi connectivity index (χ3v) is 6.42. The van der Waals surface area contributed by atoms with E-state index in [0.717, 1.165) is 65.5 Å². The maximum Gasteiger partial charge on any atom is 0.213 e. The van der Waals surface area contributed by atoms with Crippen molar-refractivity contribution in [2.24, 2.45) is 5.10 Å². The standard InChI is InChI=1S/C28H29ClN2O3/c1-3-5-16-33-23-13-8-20(9-14-23)28-31-26(24-17-21(29)10-15-27(24)34-28)18-25(30-31)19-6-11-22(12-7-19)32-4-2/h6-15,17,26,28H,3-5,16,18H2,1-2H3/t26-,28+/m0/s1. The summed E-state index contributed by atoms with van der Waals surface area (Å²) < 4.78 is 17.9. The molecule has 6 heteroatoms. The SMILES string of the molecule is CCCCOc1ccc([C@H]2Oc3ccc(Cl)cc3[C@@H]3CC(c4ccc(OCC)cc4)=NN23)cc1. The fraction of sp³-hybridized carbons (Fsp3) is 0.321. The predicted molar refractivity (Wildman–Crippen MR) is 135 cm³/mol. The number of nitrogens with zero attached hydrogens (tertiary/aromatic N) is 2. The van der Waals surface area contributed by atoms with Crippen LogP contribution in [0.25, 0.3) is 0 Å². The Morgan fingerprint density at radius 3 is 2.44 bits per heavy atom. The molecule has 0 amide bonds. The second-order valence-corrected chi connectivity index (χ2v) is 8.96. The highest BCUT2D eigenvalue weighted by atomic mass is 35.5. The van der Waals surface area contributed by atoms with Crippen molar-refractivity contribution in [1.29, 1.82) is 0 Å². The molecule has 0 radical (unpaired) electrons. The Morgan fingerprint density at radius 2 is 1.71 bits per heavy atom. The number of benzene rings is 3. The first-order chi connectivity index (χ1) is 16.7. The van der Waals surface area contributed by atoms with Crippen LogP contribution in [0.15, 0.2) is 71.8 Å². The van der Waals surface area contributed by atoms with Crippen molar-refractivity contribution < 1.29 is 14.2 Å². The third-order valence-electron chi connectivity index (χ3n) is 6.18. The van der Waals surface area contributed by atoms with Crippen molar-refractivity contribution in [3.8, 4) is 17.2 Å². The van der Waals surface area contributed by atoms with Crippen molar-refractivity contribution in [3.63, 3.8) is 0 Å². The van der Waals surface area contributed by atoms with E-state index >= 15 is 0 Å². The van der Waals surface area contributed by atoms with Crippen LogP contribution in [0.4, 0.5) is 0 Å². The summed E-state index contributed by atoms with van der Waals surface area (Å²) in [6, 6.07) is 22.1. The molecule has 0 N–H and O–H groups in total. The van der Waals surface area contributed by atoms with E-state index in [9.17, 15) is 0 Å². The molecular formula is C28H29ClN2O3. The minimum atomic E-state index is -0.330. The first-order valence-corrected chi connectivity index (χ1v) is 12.3. The van der Waals surface area contributed by atoms with E-state index in [-0.39, 0.29) is 12.3 Å². The van der Waals surface area contributed by atoms with Crippen molar-refractivity contribution in [3.05, 3.63) is 88.4 Å². The highest BCUT2D eigenvalue weighted by Crippen LogP contribution is 2.48. The number of unbranched alkanes of at least 4 members (excludes halogenated alkanes) is 1. The molecule has 3 aromatic carbocycles. The van der Waals surface area contributed by atoms with E-state index in [1.807, 2.05) is 49.4 Å². The van der Waals surface area contributed by atoms with Gasteiger partial charge in [0.25, 0.3) is 0 Å². The van der Waals surface area contributed by atoms with Gasteiger partial charge in [0, 0.05) is 22.6 Å². The Balaban J connectivity index is 1.45. The van der Waals surface area contributed by atoms with Crippen LogP contribution >= 0.6 is 11.6 Å². The Labute approximate surface area is 205 Å². The van der Waals surface area contributed by atoms with E-state index < -0.39 is 0 Å². The van der Waals surface area contributed by atoms with Gasteiger partial charge in [0.05, 0.1) is 25.0 Å². The molecular weight excluding hydrogens is 448 g/mol. The fourth-order valence-electron chi connectivity index (χ4n) is 4.43. The topological polar surface area (TPSA) is 43.3 Å². The summed E-state index contributed by atoms with van der Waals surface area (Å²) >= 11 is 6.35.